The maximum absolute atomic E-state index is 2.52. The van der Waals surface area contributed by atoms with E-state index in [1.807, 2.05) is 0 Å². The SMILES string of the molecule is CC1(C)c2ccccc2-c2c(-n3c4ccccc4c4cc5c(cc43)c3ccccc3n5-c3cccc(-c4cccc(-c5ccccc5)c4)c3)cccc21. The maximum Gasteiger partial charge on any atom is 0.0549 e. The highest BCUT2D eigenvalue weighted by Crippen LogP contribution is 2.52. The van der Waals surface area contributed by atoms with E-state index in [2.05, 4.69) is 205 Å². The lowest BCUT2D eigenvalue weighted by Gasteiger charge is -2.21. The molecule has 2 nitrogen and oxygen atoms in total. The Kier molecular flexibility index (Phi) is 6.33. The lowest BCUT2D eigenvalue weighted by Crippen LogP contribution is -2.14. The number of aromatic nitrogens is 2. The van der Waals surface area contributed by atoms with Gasteiger partial charge < -0.3 is 9.13 Å². The third-order valence-electron chi connectivity index (χ3n) is 11.7. The number of hydrogen-bond acceptors (Lipinski definition) is 0. The van der Waals surface area contributed by atoms with Crippen molar-refractivity contribution in [3.63, 3.8) is 0 Å². The highest BCUT2D eigenvalue weighted by atomic mass is 15.0. The minimum atomic E-state index is -0.0706. The van der Waals surface area contributed by atoms with Gasteiger partial charge in [0, 0.05) is 38.2 Å². The van der Waals surface area contributed by atoms with E-state index in [-0.39, 0.29) is 5.41 Å². The number of benzene rings is 8. The molecule has 53 heavy (non-hydrogen) atoms. The van der Waals surface area contributed by atoms with Crippen LogP contribution in [0.5, 0.6) is 0 Å². The van der Waals surface area contributed by atoms with Crippen LogP contribution < -0.4 is 0 Å². The summed E-state index contributed by atoms with van der Waals surface area (Å²) in [7, 11) is 0. The van der Waals surface area contributed by atoms with Crippen LogP contribution in [0.3, 0.4) is 0 Å². The van der Waals surface area contributed by atoms with E-state index in [0.29, 0.717) is 0 Å². The molecule has 0 atom stereocenters. The molecule has 11 rings (SSSR count). The third kappa shape index (κ3) is 4.33. The predicted molar refractivity (Wildman–Crippen MR) is 224 cm³/mol. The quantitative estimate of drug-likeness (QED) is 0.176. The second kappa shape index (κ2) is 11.2. The molecule has 250 valence electrons. The van der Waals surface area contributed by atoms with Crippen molar-refractivity contribution in [1.29, 1.82) is 0 Å². The van der Waals surface area contributed by atoms with Gasteiger partial charge in [-0.25, -0.2) is 0 Å². The molecule has 0 amide bonds. The molecule has 1 aliphatic rings. The zero-order chi connectivity index (χ0) is 35.3. The van der Waals surface area contributed by atoms with Crippen molar-refractivity contribution >= 4 is 43.6 Å². The van der Waals surface area contributed by atoms with Gasteiger partial charge >= 0.3 is 0 Å². The topological polar surface area (TPSA) is 9.86 Å². The molecule has 10 aromatic rings. The van der Waals surface area contributed by atoms with Gasteiger partial charge in [-0.1, -0.05) is 147 Å². The highest BCUT2D eigenvalue weighted by molar-refractivity contribution is 6.19. The number of hydrogen-bond donors (Lipinski definition) is 0. The van der Waals surface area contributed by atoms with E-state index >= 15 is 0 Å². The van der Waals surface area contributed by atoms with E-state index in [4.69, 9.17) is 0 Å². The molecule has 0 fully saturated rings. The zero-order valence-electron chi connectivity index (χ0n) is 29.7. The number of rotatable bonds is 4. The average molecular weight is 677 g/mol. The second-order valence-corrected chi connectivity index (χ2v) is 15.0. The van der Waals surface area contributed by atoms with Crippen molar-refractivity contribution in [1.82, 2.24) is 9.13 Å². The molecule has 1 aliphatic carbocycles. The van der Waals surface area contributed by atoms with E-state index in [0.717, 1.165) is 5.69 Å². The molecule has 0 spiro atoms. The fourth-order valence-electron chi connectivity index (χ4n) is 9.22. The Morgan fingerprint density at radius 2 is 0.887 bits per heavy atom. The van der Waals surface area contributed by atoms with Crippen LogP contribution in [0.4, 0.5) is 0 Å². The Bertz CT molecular complexity index is 3080. The number of nitrogens with zero attached hydrogens (tertiary/aromatic N) is 2. The number of fused-ring (bicyclic) bond motifs is 9. The van der Waals surface area contributed by atoms with Gasteiger partial charge in [0.1, 0.15) is 0 Å². The standard InChI is InChI=1S/C51H36N2/c1-51(2)43-24-9-6-23-40(43)50-44(51)25-14-28-47(50)53-46-27-11-8-22-39(46)42-31-48-41(32-49(42)53)38-21-7-10-26-45(38)52(48)37-20-13-19-36(30-37)35-18-12-17-34(29-35)33-15-4-3-5-16-33/h3-32H,1-2H3. The van der Waals surface area contributed by atoms with Gasteiger partial charge in [-0.15, -0.1) is 0 Å². The smallest absolute Gasteiger partial charge is 0.0549 e. The van der Waals surface area contributed by atoms with Crippen molar-refractivity contribution in [2.45, 2.75) is 19.3 Å². The summed E-state index contributed by atoms with van der Waals surface area (Å²) >= 11 is 0. The highest BCUT2D eigenvalue weighted by Gasteiger charge is 2.37. The van der Waals surface area contributed by atoms with Crippen molar-refractivity contribution in [2.75, 3.05) is 0 Å². The Hall–Kier alpha value is -6.64. The molecule has 0 radical (unpaired) electrons. The summed E-state index contributed by atoms with van der Waals surface area (Å²) in [5.74, 6) is 0. The molecular weight excluding hydrogens is 641 g/mol. The van der Waals surface area contributed by atoms with Crippen LogP contribution >= 0.6 is 0 Å². The molecule has 8 aromatic carbocycles. The van der Waals surface area contributed by atoms with Gasteiger partial charge in [-0.2, -0.15) is 0 Å². The molecule has 0 N–H and O–H groups in total. The predicted octanol–water partition coefficient (Wildman–Crippen LogP) is 13.5. The largest absolute Gasteiger partial charge is 0.309 e. The normalized spacial score (nSPS) is 13.2. The van der Waals surface area contributed by atoms with Crippen molar-refractivity contribution in [3.8, 4) is 44.8 Å². The Morgan fingerprint density at radius 3 is 1.64 bits per heavy atom. The summed E-state index contributed by atoms with van der Waals surface area (Å²) in [6, 6.07) is 67.0. The second-order valence-electron chi connectivity index (χ2n) is 15.0. The lowest BCUT2D eigenvalue weighted by molar-refractivity contribution is 0.660. The first-order valence-electron chi connectivity index (χ1n) is 18.5. The molecule has 0 bridgehead atoms. The van der Waals surface area contributed by atoms with Gasteiger partial charge in [0.05, 0.1) is 27.8 Å². The van der Waals surface area contributed by atoms with Crippen molar-refractivity contribution < 1.29 is 0 Å². The number of para-hydroxylation sites is 2. The van der Waals surface area contributed by atoms with E-state index in [9.17, 15) is 0 Å². The van der Waals surface area contributed by atoms with Gasteiger partial charge in [-0.3, -0.25) is 0 Å². The maximum atomic E-state index is 2.52. The summed E-state index contributed by atoms with van der Waals surface area (Å²) < 4.78 is 4.98. The summed E-state index contributed by atoms with van der Waals surface area (Å²) in [5.41, 5.74) is 17.5. The molecule has 0 unspecified atom stereocenters. The van der Waals surface area contributed by atoms with Gasteiger partial charge in [0.15, 0.2) is 0 Å². The first kappa shape index (κ1) is 30.0. The van der Waals surface area contributed by atoms with Crippen LogP contribution in [0.2, 0.25) is 0 Å². The van der Waals surface area contributed by atoms with E-state index in [1.165, 1.54) is 93.8 Å². The fourth-order valence-corrected chi connectivity index (χ4v) is 9.22. The van der Waals surface area contributed by atoms with E-state index < -0.39 is 0 Å². The molecule has 0 aliphatic heterocycles. The van der Waals surface area contributed by atoms with Crippen LogP contribution in [-0.4, -0.2) is 9.13 Å². The summed E-state index contributed by atoms with van der Waals surface area (Å²) in [5, 5.41) is 5.02. The monoisotopic (exact) mass is 676 g/mol. The minimum absolute atomic E-state index is 0.0706. The van der Waals surface area contributed by atoms with Crippen LogP contribution in [0.25, 0.3) is 88.4 Å². The molecule has 2 aromatic heterocycles. The zero-order valence-corrected chi connectivity index (χ0v) is 29.7. The molecule has 0 saturated carbocycles. The summed E-state index contributed by atoms with van der Waals surface area (Å²) in [4.78, 5) is 0. The van der Waals surface area contributed by atoms with Crippen molar-refractivity contribution in [2.24, 2.45) is 0 Å². The van der Waals surface area contributed by atoms with Crippen LogP contribution in [-0.2, 0) is 5.41 Å². The molecule has 2 heteroatoms. The Labute approximate surface area is 308 Å². The Balaban J connectivity index is 1.16. The fraction of sp³-hybridized carbons (Fsp3) is 0.0588. The van der Waals surface area contributed by atoms with Crippen LogP contribution in [0.1, 0.15) is 25.0 Å². The summed E-state index contributed by atoms with van der Waals surface area (Å²) in [6.07, 6.45) is 0. The van der Waals surface area contributed by atoms with Crippen LogP contribution in [0, 0.1) is 0 Å². The lowest BCUT2D eigenvalue weighted by atomic mass is 9.82. The summed E-state index contributed by atoms with van der Waals surface area (Å²) in [6.45, 7) is 4.72. The average Bonchev–Trinajstić information content (AvgIpc) is 3.80. The van der Waals surface area contributed by atoms with Gasteiger partial charge in [-0.05, 0) is 87.5 Å². The minimum Gasteiger partial charge on any atom is -0.309 e. The van der Waals surface area contributed by atoms with Crippen molar-refractivity contribution in [3.05, 3.63) is 193 Å². The first-order valence-corrected chi connectivity index (χ1v) is 18.5. The molecular formula is C51H36N2. The molecule has 2 heterocycles. The Morgan fingerprint density at radius 1 is 0.358 bits per heavy atom. The first-order chi connectivity index (χ1) is 26.1. The molecule has 0 saturated heterocycles. The van der Waals surface area contributed by atoms with E-state index in [1.54, 1.807) is 0 Å². The van der Waals surface area contributed by atoms with Gasteiger partial charge in [0.2, 0.25) is 0 Å². The third-order valence-corrected chi connectivity index (χ3v) is 11.7. The van der Waals surface area contributed by atoms with Gasteiger partial charge in [0.25, 0.3) is 0 Å². The van der Waals surface area contributed by atoms with Crippen LogP contribution in [0.15, 0.2) is 182 Å².